The fraction of sp³-hybridized carbons (Fsp3) is 0.269. The van der Waals surface area contributed by atoms with E-state index >= 15 is 0 Å². The van der Waals surface area contributed by atoms with Crippen LogP contribution in [0.3, 0.4) is 0 Å². The normalized spacial score (nSPS) is 15.6. The highest BCUT2D eigenvalue weighted by atomic mass is 16.5. The first-order valence-electron chi connectivity index (χ1n) is 11.3. The van der Waals surface area contributed by atoms with Crippen molar-refractivity contribution in [2.75, 3.05) is 30.0 Å². The van der Waals surface area contributed by atoms with Gasteiger partial charge in [0.05, 0.1) is 12.7 Å². The quantitative estimate of drug-likeness (QED) is 0.635. The van der Waals surface area contributed by atoms with Gasteiger partial charge in [0.25, 0.3) is 11.8 Å². The topological polar surface area (TPSA) is 97.9 Å². The molecule has 2 N–H and O–H groups in total. The van der Waals surface area contributed by atoms with E-state index in [-0.39, 0.29) is 11.8 Å². The van der Waals surface area contributed by atoms with Gasteiger partial charge in [-0.25, -0.2) is 0 Å². The molecule has 8 heteroatoms. The second kappa shape index (κ2) is 8.37. The molecule has 0 atom stereocenters. The lowest BCUT2D eigenvalue weighted by atomic mass is 10.0. The molecule has 3 aromatic rings. The smallest absolute Gasteiger partial charge is 0.275 e. The molecule has 8 nitrogen and oxygen atoms in total. The van der Waals surface area contributed by atoms with Crippen LogP contribution in [0, 0.1) is 6.92 Å². The fourth-order valence-corrected chi connectivity index (χ4v) is 4.90. The number of anilines is 2. The van der Waals surface area contributed by atoms with Crippen LogP contribution in [0.15, 0.2) is 48.7 Å². The van der Waals surface area contributed by atoms with Gasteiger partial charge in [-0.05, 0) is 73.4 Å². The predicted octanol–water partition coefficient (Wildman–Crippen LogP) is 3.22. The molecule has 174 valence electrons. The minimum atomic E-state index is -0.555. The van der Waals surface area contributed by atoms with Crippen LogP contribution in [0.2, 0.25) is 0 Å². The van der Waals surface area contributed by atoms with Gasteiger partial charge in [0.15, 0.2) is 0 Å². The SMILES string of the molecule is COc1ccc(-n2cc(C(N)=O)c3c2C(=O)N(c2ccc(N4CCCC4=O)c(C)c2)CC3)cc1. The van der Waals surface area contributed by atoms with Gasteiger partial charge in [0.1, 0.15) is 11.4 Å². The molecule has 34 heavy (non-hydrogen) atoms. The van der Waals surface area contributed by atoms with Gasteiger partial charge in [-0.1, -0.05) is 0 Å². The third-order valence-electron chi connectivity index (χ3n) is 6.62. The Morgan fingerprint density at radius 2 is 1.71 bits per heavy atom. The molecule has 1 fully saturated rings. The Balaban J connectivity index is 1.54. The lowest BCUT2D eigenvalue weighted by molar-refractivity contribution is -0.117. The van der Waals surface area contributed by atoms with E-state index in [1.54, 1.807) is 34.9 Å². The number of hydrogen-bond acceptors (Lipinski definition) is 4. The van der Waals surface area contributed by atoms with Crippen LogP contribution in [0.5, 0.6) is 5.75 Å². The minimum absolute atomic E-state index is 0.130. The highest BCUT2D eigenvalue weighted by molar-refractivity contribution is 6.10. The standard InChI is InChI=1S/C26H26N4O4/c1-16-14-18(7-10-22(16)29-12-3-4-23(29)31)28-13-11-20-21(25(27)32)15-30(24(20)26(28)33)17-5-8-19(34-2)9-6-17/h5-10,14-15H,3-4,11-13H2,1-2H3,(H2,27,32). The van der Waals surface area contributed by atoms with Crippen LogP contribution in [-0.4, -0.2) is 42.5 Å². The number of carbonyl (C=O) groups is 3. The van der Waals surface area contributed by atoms with Crippen molar-refractivity contribution in [1.29, 1.82) is 0 Å². The zero-order valence-electron chi connectivity index (χ0n) is 19.2. The van der Waals surface area contributed by atoms with Gasteiger partial charge in [-0.3, -0.25) is 14.4 Å². The van der Waals surface area contributed by atoms with Gasteiger partial charge in [0.2, 0.25) is 5.91 Å². The number of ether oxygens (including phenoxy) is 1. The van der Waals surface area contributed by atoms with Crippen molar-refractivity contribution in [3.63, 3.8) is 0 Å². The summed E-state index contributed by atoms with van der Waals surface area (Å²) in [5.74, 6) is 0.0694. The number of aromatic nitrogens is 1. The lowest BCUT2D eigenvalue weighted by Gasteiger charge is -2.29. The Labute approximate surface area is 197 Å². The van der Waals surface area contributed by atoms with Crippen molar-refractivity contribution < 1.29 is 19.1 Å². The summed E-state index contributed by atoms with van der Waals surface area (Å²) in [6.07, 6.45) is 3.58. The maximum Gasteiger partial charge on any atom is 0.275 e. The average molecular weight is 459 g/mol. The van der Waals surface area contributed by atoms with Crippen LogP contribution < -0.4 is 20.3 Å². The second-order valence-corrected chi connectivity index (χ2v) is 8.63. The number of primary amides is 1. The largest absolute Gasteiger partial charge is 0.497 e. The van der Waals surface area contributed by atoms with Crippen molar-refractivity contribution in [2.45, 2.75) is 26.2 Å². The van der Waals surface area contributed by atoms with E-state index in [0.717, 1.165) is 35.6 Å². The number of nitrogens with zero attached hydrogens (tertiary/aromatic N) is 3. The molecule has 3 amide bonds. The molecule has 1 saturated heterocycles. The number of rotatable bonds is 5. The van der Waals surface area contributed by atoms with E-state index in [0.29, 0.717) is 42.0 Å². The van der Waals surface area contributed by atoms with Crippen LogP contribution >= 0.6 is 0 Å². The second-order valence-electron chi connectivity index (χ2n) is 8.63. The van der Waals surface area contributed by atoms with Crippen molar-refractivity contribution in [3.8, 4) is 11.4 Å². The first kappa shape index (κ1) is 21.8. The summed E-state index contributed by atoms with van der Waals surface area (Å²) in [7, 11) is 1.59. The van der Waals surface area contributed by atoms with Gasteiger partial charge < -0.3 is 24.8 Å². The predicted molar refractivity (Wildman–Crippen MR) is 129 cm³/mol. The number of amides is 3. The zero-order chi connectivity index (χ0) is 24.0. The van der Waals surface area contributed by atoms with E-state index in [1.165, 1.54) is 0 Å². The summed E-state index contributed by atoms with van der Waals surface area (Å²) >= 11 is 0. The third-order valence-corrected chi connectivity index (χ3v) is 6.62. The number of fused-ring (bicyclic) bond motifs is 1. The summed E-state index contributed by atoms with van der Waals surface area (Å²) < 4.78 is 6.97. The first-order chi connectivity index (χ1) is 16.4. The number of nitrogens with two attached hydrogens (primary N) is 1. The lowest BCUT2D eigenvalue weighted by Crippen LogP contribution is -2.39. The van der Waals surface area contributed by atoms with Crippen LogP contribution in [-0.2, 0) is 11.2 Å². The number of benzene rings is 2. The molecule has 2 aromatic carbocycles. The Morgan fingerprint density at radius 1 is 0.971 bits per heavy atom. The Morgan fingerprint density at radius 3 is 2.32 bits per heavy atom. The van der Waals surface area contributed by atoms with Crippen molar-refractivity contribution in [3.05, 3.63) is 71.0 Å². The summed E-state index contributed by atoms with van der Waals surface area (Å²) in [5.41, 5.74) is 10.4. The molecule has 0 saturated carbocycles. The summed E-state index contributed by atoms with van der Waals surface area (Å²) in [5, 5.41) is 0. The average Bonchev–Trinajstić information content (AvgIpc) is 3.43. The molecule has 0 radical (unpaired) electrons. The molecule has 5 rings (SSSR count). The Kier molecular flexibility index (Phi) is 5.36. The van der Waals surface area contributed by atoms with Crippen molar-refractivity contribution in [1.82, 2.24) is 4.57 Å². The molecule has 0 spiro atoms. The number of aryl methyl sites for hydroxylation is 1. The molecule has 2 aliphatic rings. The van der Waals surface area contributed by atoms with Crippen LogP contribution in [0.1, 0.15) is 44.8 Å². The van der Waals surface area contributed by atoms with Gasteiger partial charge in [-0.15, -0.1) is 0 Å². The molecule has 2 aliphatic heterocycles. The molecular weight excluding hydrogens is 432 g/mol. The maximum absolute atomic E-state index is 13.7. The molecule has 1 aromatic heterocycles. The first-order valence-corrected chi connectivity index (χ1v) is 11.3. The van der Waals surface area contributed by atoms with Gasteiger partial charge >= 0.3 is 0 Å². The van der Waals surface area contributed by atoms with Crippen molar-refractivity contribution >= 4 is 29.1 Å². The monoisotopic (exact) mass is 458 g/mol. The zero-order valence-corrected chi connectivity index (χ0v) is 19.2. The Hall–Kier alpha value is -4.07. The fourth-order valence-electron chi connectivity index (χ4n) is 4.90. The summed E-state index contributed by atoms with van der Waals surface area (Å²) in [4.78, 5) is 41.6. The van der Waals surface area contributed by atoms with E-state index in [9.17, 15) is 14.4 Å². The summed E-state index contributed by atoms with van der Waals surface area (Å²) in [6.45, 7) is 3.10. The number of methoxy groups -OCH3 is 1. The number of hydrogen-bond donors (Lipinski definition) is 1. The minimum Gasteiger partial charge on any atom is -0.497 e. The molecule has 3 heterocycles. The third kappa shape index (κ3) is 3.51. The molecule has 0 aliphatic carbocycles. The Bertz CT molecular complexity index is 1310. The van der Waals surface area contributed by atoms with Crippen LogP contribution in [0.25, 0.3) is 5.69 Å². The molecular formula is C26H26N4O4. The maximum atomic E-state index is 13.7. The van der Waals surface area contributed by atoms with Crippen LogP contribution in [0.4, 0.5) is 11.4 Å². The van der Waals surface area contributed by atoms with E-state index in [2.05, 4.69) is 0 Å². The van der Waals surface area contributed by atoms with Crippen molar-refractivity contribution in [2.24, 2.45) is 5.73 Å². The molecule has 0 bridgehead atoms. The van der Waals surface area contributed by atoms with E-state index in [1.807, 2.05) is 42.2 Å². The molecule has 0 unspecified atom stereocenters. The highest BCUT2D eigenvalue weighted by Gasteiger charge is 2.33. The van der Waals surface area contributed by atoms with E-state index in [4.69, 9.17) is 10.5 Å². The highest BCUT2D eigenvalue weighted by Crippen LogP contribution is 2.33. The van der Waals surface area contributed by atoms with E-state index < -0.39 is 5.91 Å². The number of carbonyl (C=O) groups excluding carboxylic acids is 3. The van der Waals surface area contributed by atoms with Gasteiger partial charge in [0, 0.05) is 42.8 Å². The summed E-state index contributed by atoms with van der Waals surface area (Å²) in [6, 6.07) is 13.0. The van der Waals surface area contributed by atoms with Gasteiger partial charge in [-0.2, -0.15) is 0 Å².